The molecule has 0 aliphatic carbocycles. The summed E-state index contributed by atoms with van der Waals surface area (Å²) in [6, 6.07) is 15.1. The first-order chi connectivity index (χ1) is 9.15. The number of hydrogen-bond acceptors (Lipinski definition) is 2. The van der Waals surface area contributed by atoms with Crippen LogP contribution in [0.15, 0.2) is 58.1 Å². The molecule has 0 aromatic heterocycles. The predicted octanol–water partition coefficient (Wildman–Crippen LogP) is 3.52. The molecule has 1 N–H and O–H groups in total. The van der Waals surface area contributed by atoms with Crippen molar-refractivity contribution >= 4 is 28.1 Å². The van der Waals surface area contributed by atoms with Crippen molar-refractivity contribution in [1.82, 2.24) is 5.43 Å². The van der Waals surface area contributed by atoms with Gasteiger partial charge in [-0.2, -0.15) is 5.10 Å². The van der Waals surface area contributed by atoms with Gasteiger partial charge in [0.15, 0.2) is 0 Å². The van der Waals surface area contributed by atoms with Crippen molar-refractivity contribution in [2.45, 2.75) is 6.92 Å². The molecule has 0 heterocycles. The van der Waals surface area contributed by atoms with E-state index < -0.39 is 0 Å². The lowest BCUT2D eigenvalue weighted by molar-refractivity contribution is 0.0955. The smallest absolute Gasteiger partial charge is 0.267 e. The summed E-state index contributed by atoms with van der Waals surface area (Å²) in [4.78, 5) is 11.8. The Morgan fingerprint density at radius 3 is 2.63 bits per heavy atom. The largest absolute Gasteiger partial charge is 0.271 e. The van der Waals surface area contributed by atoms with Gasteiger partial charge < -0.3 is 0 Å². The third-order valence-corrected chi connectivity index (χ3v) is 3.04. The van der Waals surface area contributed by atoms with Crippen LogP contribution in [0.25, 0.3) is 0 Å². The molecule has 0 aliphatic heterocycles. The minimum atomic E-state index is -0.232. The fourth-order valence-corrected chi connectivity index (χ4v) is 1.91. The minimum absolute atomic E-state index is 0.232. The molecule has 19 heavy (non-hydrogen) atoms. The number of nitrogens with one attached hydrogen (secondary N) is 1. The zero-order valence-corrected chi connectivity index (χ0v) is 12.0. The lowest BCUT2D eigenvalue weighted by Gasteiger charge is -2.00. The maximum absolute atomic E-state index is 11.8. The fraction of sp³-hybridized carbons (Fsp3) is 0.0667. The third-order valence-electron chi connectivity index (χ3n) is 2.54. The Kier molecular flexibility index (Phi) is 4.47. The van der Waals surface area contributed by atoms with E-state index >= 15 is 0 Å². The summed E-state index contributed by atoms with van der Waals surface area (Å²) >= 11 is 3.32. The van der Waals surface area contributed by atoms with Crippen LogP contribution in [0.4, 0.5) is 0 Å². The van der Waals surface area contributed by atoms with Crippen LogP contribution in [0.1, 0.15) is 21.5 Å². The van der Waals surface area contributed by atoms with E-state index in [1.807, 2.05) is 43.3 Å². The van der Waals surface area contributed by atoms with E-state index in [0.717, 1.165) is 10.0 Å². The van der Waals surface area contributed by atoms with Gasteiger partial charge in [0.2, 0.25) is 0 Å². The van der Waals surface area contributed by atoms with Gasteiger partial charge in [-0.05, 0) is 30.7 Å². The second kappa shape index (κ2) is 6.29. The van der Waals surface area contributed by atoms with Crippen molar-refractivity contribution in [3.8, 4) is 0 Å². The Bertz CT molecular complexity index is 606. The summed E-state index contributed by atoms with van der Waals surface area (Å²) in [6.07, 6.45) is 1.62. The SMILES string of the molecule is Cc1ccc(C=NNC(=O)c2cccc(Br)c2)cc1. The van der Waals surface area contributed by atoms with E-state index in [1.54, 1.807) is 18.3 Å². The number of halogens is 1. The monoisotopic (exact) mass is 316 g/mol. The molecule has 0 aliphatic rings. The summed E-state index contributed by atoms with van der Waals surface area (Å²) in [5.41, 5.74) is 5.20. The van der Waals surface area contributed by atoms with Crippen LogP contribution < -0.4 is 5.43 Å². The molecule has 96 valence electrons. The molecule has 3 nitrogen and oxygen atoms in total. The van der Waals surface area contributed by atoms with Crippen molar-refractivity contribution < 1.29 is 4.79 Å². The molecule has 0 fully saturated rings. The molecular weight excluding hydrogens is 304 g/mol. The van der Waals surface area contributed by atoms with Crippen LogP contribution in [0, 0.1) is 6.92 Å². The van der Waals surface area contributed by atoms with Gasteiger partial charge in [-0.1, -0.05) is 51.8 Å². The van der Waals surface area contributed by atoms with Gasteiger partial charge in [-0.25, -0.2) is 5.43 Å². The Labute approximate surface area is 120 Å². The highest BCUT2D eigenvalue weighted by molar-refractivity contribution is 9.10. The quantitative estimate of drug-likeness (QED) is 0.683. The first-order valence-corrected chi connectivity index (χ1v) is 6.60. The highest BCUT2D eigenvalue weighted by atomic mass is 79.9. The van der Waals surface area contributed by atoms with Gasteiger partial charge in [-0.3, -0.25) is 4.79 Å². The molecule has 2 rings (SSSR count). The lowest BCUT2D eigenvalue weighted by atomic mass is 10.2. The topological polar surface area (TPSA) is 41.5 Å². The maximum Gasteiger partial charge on any atom is 0.271 e. The third kappa shape index (κ3) is 4.03. The summed E-state index contributed by atoms with van der Waals surface area (Å²) in [7, 11) is 0. The number of hydrogen-bond donors (Lipinski definition) is 1. The second-order valence-corrected chi connectivity index (χ2v) is 5.04. The van der Waals surface area contributed by atoms with Gasteiger partial charge in [0.25, 0.3) is 5.91 Å². The first-order valence-electron chi connectivity index (χ1n) is 5.81. The molecule has 0 saturated heterocycles. The lowest BCUT2D eigenvalue weighted by Crippen LogP contribution is -2.17. The van der Waals surface area contributed by atoms with Crippen molar-refractivity contribution in [3.05, 3.63) is 69.7 Å². The Balaban J connectivity index is 1.98. The Morgan fingerprint density at radius 1 is 1.21 bits per heavy atom. The first kappa shape index (κ1) is 13.5. The molecule has 0 unspecified atom stereocenters. The van der Waals surface area contributed by atoms with Crippen molar-refractivity contribution in [2.75, 3.05) is 0 Å². The molecule has 0 atom stereocenters. The fourth-order valence-electron chi connectivity index (χ4n) is 1.51. The number of amides is 1. The van der Waals surface area contributed by atoms with Crippen molar-refractivity contribution in [1.29, 1.82) is 0 Å². The molecular formula is C15H13BrN2O. The van der Waals surface area contributed by atoms with E-state index in [9.17, 15) is 4.79 Å². The Hall–Kier alpha value is -1.94. The number of nitrogens with zero attached hydrogens (tertiary/aromatic N) is 1. The predicted molar refractivity (Wildman–Crippen MR) is 80.4 cm³/mol. The average Bonchev–Trinajstić information content (AvgIpc) is 2.41. The number of aryl methyl sites for hydroxylation is 1. The molecule has 0 spiro atoms. The van der Waals surface area contributed by atoms with Gasteiger partial charge in [0.05, 0.1) is 6.21 Å². The van der Waals surface area contributed by atoms with Gasteiger partial charge >= 0.3 is 0 Å². The standard InChI is InChI=1S/C15H13BrN2O/c1-11-5-7-12(8-6-11)10-17-18-15(19)13-3-2-4-14(16)9-13/h2-10H,1H3,(H,18,19). The molecule has 2 aromatic carbocycles. The van der Waals surface area contributed by atoms with Crippen LogP contribution in [0.3, 0.4) is 0 Å². The van der Waals surface area contributed by atoms with E-state index in [2.05, 4.69) is 26.5 Å². The van der Waals surface area contributed by atoms with Crippen LogP contribution in [-0.4, -0.2) is 12.1 Å². The highest BCUT2D eigenvalue weighted by Crippen LogP contribution is 2.11. The minimum Gasteiger partial charge on any atom is -0.267 e. The van der Waals surface area contributed by atoms with Crippen LogP contribution in [-0.2, 0) is 0 Å². The van der Waals surface area contributed by atoms with Crippen LogP contribution in [0.5, 0.6) is 0 Å². The number of hydrazone groups is 1. The number of benzene rings is 2. The van der Waals surface area contributed by atoms with Gasteiger partial charge in [0, 0.05) is 10.0 Å². The van der Waals surface area contributed by atoms with E-state index in [0.29, 0.717) is 5.56 Å². The van der Waals surface area contributed by atoms with E-state index in [4.69, 9.17) is 0 Å². The second-order valence-electron chi connectivity index (χ2n) is 4.12. The van der Waals surface area contributed by atoms with Gasteiger partial charge in [-0.15, -0.1) is 0 Å². The zero-order valence-electron chi connectivity index (χ0n) is 10.4. The van der Waals surface area contributed by atoms with Gasteiger partial charge in [0.1, 0.15) is 0 Å². The highest BCUT2D eigenvalue weighted by Gasteiger charge is 2.03. The van der Waals surface area contributed by atoms with E-state index in [1.165, 1.54) is 5.56 Å². The van der Waals surface area contributed by atoms with E-state index in [-0.39, 0.29) is 5.91 Å². The number of rotatable bonds is 3. The van der Waals surface area contributed by atoms with Crippen molar-refractivity contribution in [3.63, 3.8) is 0 Å². The molecule has 4 heteroatoms. The Morgan fingerprint density at radius 2 is 1.95 bits per heavy atom. The van der Waals surface area contributed by atoms with Crippen molar-refractivity contribution in [2.24, 2.45) is 5.10 Å². The summed E-state index contributed by atoms with van der Waals surface area (Å²) in [5.74, 6) is -0.232. The molecule has 1 amide bonds. The normalized spacial score (nSPS) is 10.6. The number of carbonyl (C=O) groups is 1. The molecule has 2 aromatic rings. The zero-order chi connectivity index (χ0) is 13.7. The average molecular weight is 317 g/mol. The summed E-state index contributed by atoms with van der Waals surface area (Å²) in [5, 5.41) is 3.94. The maximum atomic E-state index is 11.8. The summed E-state index contributed by atoms with van der Waals surface area (Å²) < 4.78 is 0.864. The molecule has 0 bridgehead atoms. The van der Waals surface area contributed by atoms with Crippen LogP contribution in [0.2, 0.25) is 0 Å². The molecule has 0 saturated carbocycles. The van der Waals surface area contributed by atoms with Crippen LogP contribution >= 0.6 is 15.9 Å². The summed E-state index contributed by atoms with van der Waals surface area (Å²) in [6.45, 7) is 2.02. The molecule has 0 radical (unpaired) electrons. The number of carbonyl (C=O) groups excluding carboxylic acids is 1.